The highest BCUT2D eigenvalue weighted by Crippen LogP contribution is 2.26. The standard InChI is InChI=1S/C12H10BrCl2N3O/c1-2-18-6-9(15)11(17-18)12(19)16-10-4-3-7(13)5-8(10)14/h3-6H,2H2,1H3,(H,16,19). The van der Waals surface area contributed by atoms with Crippen LogP contribution in [0.1, 0.15) is 17.4 Å². The lowest BCUT2D eigenvalue weighted by Gasteiger charge is -2.06. The van der Waals surface area contributed by atoms with Crippen molar-refractivity contribution in [1.82, 2.24) is 9.78 Å². The largest absolute Gasteiger partial charge is 0.319 e. The van der Waals surface area contributed by atoms with Crippen LogP contribution in [0.3, 0.4) is 0 Å². The van der Waals surface area contributed by atoms with E-state index in [2.05, 4.69) is 26.3 Å². The van der Waals surface area contributed by atoms with Gasteiger partial charge in [0, 0.05) is 17.2 Å². The molecule has 0 atom stereocenters. The SMILES string of the molecule is CCn1cc(Cl)c(C(=O)Nc2ccc(Br)cc2Cl)n1. The number of rotatable bonds is 3. The molecule has 2 aromatic rings. The first-order valence-corrected chi connectivity index (χ1v) is 7.05. The number of aryl methyl sites for hydroxylation is 1. The van der Waals surface area contributed by atoms with Crippen molar-refractivity contribution >= 4 is 50.7 Å². The van der Waals surface area contributed by atoms with Crippen LogP contribution in [0, 0.1) is 0 Å². The Morgan fingerprint density at radius 3 is 2.74 bits per heavy atom. The molecule has 0 aliphatic carbocycles. The molecule has 0 spiro atoms. The molecule has 0 aliphatic rings. The molecule has 100 valence electrons. The maximum absolute atomic E-state index is 12.1. The third kappa shape index (κ3) is 3.29. The maximum atomic E-state index is 12.1. The van der Waals surface area contributed by atoms with Gasteiger partial charge in [0.2, 0.25) is 0 Å². The van der Waals surface area contributed by atoms with Gasteiger partial charge in [-0.25, -0.2) is 0 Å². The molecule has 0 aliphatic heterocycles. The summed E-state index contributed by atoms with van der Waals surface area (Å²) in [5.74, 6) is -0.388. The van der Waals surface area contributed by atoms with Crippen molar-refractivity contribution in [3.8, 4) is 0 Å². The number of amides is 1. The van der Waals surface area contributed by atoms with E-state index in [0.29, 0.717) is 22.3 Å². The summed E-state index contributed by atoms with van der Waals surface area (Å²) in [6.07, 6.45) is 1.61. The van der Waals surface area contributed by atoms with Gasteiger partial charge in [-0.1, -0.05) is 39.1 Å². The van der Waals surface area contributed by atoms with Crippen LogP contribution in [0.4, 0.5) is 5.69 Å². The van der Waals surface area contributed by atoms with E-state index in [-0.39, 0.29) is 11.6 Å². The van der Waals surface area contributed by atoms with Gasteiger partial charge >= 0.3 is 0 Å². The van der Waals surface area contributed by atoms with Crippen LogP contribution in [-0.2, 0) is 6.54 Å². The highest BCUT2D eigenvalue weighted by atomic mass is 79.9. The summed E-state index contributed by atoms with van der Waals surface area (Å²) in [6, 6.07) is 5.19. The highest BCUT2D eigenvalue weighted by molar-refractivity contribution is 9.10. The molecular formula is C12H10BrCl2N3O. The summed E-state index contributed by atoms with van der Waals surface area (Å²) in [7, 11) is 0. The molecule has 0 unspecified atom stereocenters. The molecule has 1 aromatic heterocycles. The van der Waals surface area contributed by atoms with E-state index >= 15 is 0 Å². The Morgan fingerprint density at radius 2 is 2.16 bits per heavy atom. The zero-order valence-corrected chi connectivity index (χ0v) is 13.1. The predicted molar refractivity (Wildman–Crippen MR) is 80.0 cm³/mol. The first kappa shape index (κ1) is 14.4. The van der Waals surface area contributed by atoms with Gasteiger partial charge in [0.15, 0.2) is 5.69 Å². The zero-order valence-electron chi connectivity index (χ0n) is 9.95. The Labute approximate surface area is 128 Å². The molecule has 1 amide bonds. The molecule has 4 nitrogen and oxygen atoms in total. The van der Waals surface area contributed by atoms with Gasteiger partial charge in [0.1, 0.15) is 0 Å². The van der Waals surface area contributed by atoms with Crippen molar-refractivity contribution < 1.29 is 4.79 Å². The summed E-state index contributed by atoms with van der Waals surface area (Å²) >= 11 is 15.3. The molecule has 0 radical (unpaired) electrons. The molecule has 0 saturated carbocycles. The molecule has 0 fully saturated rings. The van der Waals surface area contributed by atoms with Crippen LogP contribution < -0.4 is 5.32 Å². The minimum absolute atomic E-state index is 0.183. The Bertz CT molecular complexity index is 627. The molecule has 0 bridgehead atoms. The molecule has 7 heteroatoms. The normalized spacial score (nSPS) is 10.5. The van der Waals surface area contributed by atoms with Crippen LogP contribution in [0.25, 0.3) is 0 Å². The minimum atomic E-state index is -0.388. The van der Waals surface area contributed by atoms with Crippen molar-refractivity contribution in [1.29, 1.82) is 0 Å². The second kappa shape index (κ2) is 5.94. The maximum Gasteiger partial charge on any atom is 0.277 e. The summed E-state index contributed by atoms with van der Waals surface area (Å²) in [5.41, 5.74) is 0.694. The number of aromatic nitrogens is 2. The number of anilines is 1. The van der Waals surface area contributed by atoms with Crippen molar-refractivity contribution in [2.24, 2.45) is 0 Å². The second-order valence-electron chi connectivity index (χ2n) is 3.76. The van der Waals surface area contributed by atoms with E-state index in [1.54, 1.807) is 29.1 Å². The first-order chi connectivity index (χ1) is 9.01. The van der Waals surface area contributed by atoms with E-state index in [1.165, 1.54) is 0 Å². The summed E-state index contributed by atoms with van der Waals surface area (Å²) < 4.78 is 2.43. The summed E-state index contributed by atoms with van der Waals surface area (Å²) in [4.78, 5) is 12.1. The van der Waals surface area contributed by atoms with E-state index in [9.17, 15) is 4.79 Å². The number of halogens is 3. The summed E-state index contributed by atoms with van der Waals surface area (Å²) in [5, 5.41) is 7.52. The third-order valence-corrected chi connectivity index (χ3v) is 3.52. The van der Waals surface area contributed by atoms with Crippen LogP contribution in [-0.4, -0.2) is 15.7 Å². The Morgan fingerprint density at radius 1 is 1.42 bits per heavy atom. The van der Waals surface area contributed by atoms with Gasteiger partial charge in [-0.15, -0.1) is 0 Å². The zero-order chi connectivity index (χ0) is 14.0. The lowest BCUT2D eigenvalue weighted by Crippen LogP contribution is -2.14. The van der Waals surface area contributed by atoms with Gasteiger partial charge in [0.25, 0.3) is 5.91 Å². The van der Waals surface area contributed by atoms with E-state index in [0.717, 1.165) is 4.47 Å². The lowest BCUT2D eigenvalue weighted by atomic mass is 10.3. The number of carbonyl (C=O) groups is 1. The van der Waals surface area contributed by atoms with E-state index in [1.807, 2.05) is 6.92 Å². The Balaban J connectivity index is 2.23. The number of carbonyl (C=O) groups excluding carboxylic acids is 1. The number of hydrogen-bond donors (Lipinski definition) is 1. The van der Waals surface area contributed by atoms with Gasteiger partial charge in [-0.3, -0.25) is 9.48 Å². The van der Waals surface area contributed by atoms with Gasteiger partial charge in [-0.2, -0.15) is 5.10 Å². The van der Waals surface area contributed by atoms with Gasteiger partial charge < -0.3 is 5.32 Å². The second-order valence-corrected chi connectivity index (χ2v) is 5.49. The quantitative estimate of drug-likeness (QED) is 0.888. The third-order valence-electron chi connectivity index (χ3n) is 2.44. The fourth-order valence-electron chi connectivity index (χ4n) is 1.49. The van der Waals surface area contributed by atoms with Gasteiger partial charge in [0.05, 0.1) is 15.7 Å². The molecular weight excluding hydrogens is 353 g/mol. The predicted octanol–water partition coefficient (Wildman–Crippen LogP) is 4.22. The van der Waals surface area contributed by atoms with Crippen molar-refractivity contribution in [2.45, 2.75) is 13.5 Å². The molecule has 1 aromatic carbocycles. The van der Waals surface area contributed by atoms with E-state index in [4.69, 9.17) is 23.2 Å². The van der Waals surface area contributed by atoms with Crippen molar-refractivity contribution in [2.75, 3.05) is 5.32 Å². The number of nitrogens with one attached hydrogen (secondary N) is 1. The Hall–Kier alpha value is -1.04. The highest BCUT2D eigenvalue weighted by Gasteiger charge is 2.16. The average Bonchev–Trinajstić information content (AvgIpc) is 2.74. The van der Waals surface area contributed by atoms with Crippen LogP contribution in [0.15, 0.2) is 28.9 Å². The molecule has 2 rings (SSSR count). The lowest BCUT2D eigenvalue weighted by molar-refractivity contribution is 0.102. The molecule has 1 heterocycles. The average molecular weight is 363 g/mol. The van der Waals surface area contributed by atoms with Crippen molar-refractivity contribution in [3.05, 3.63) is 44.6 Å². The van der Waals surface area contributed by atoms with Crippen LogP contribution >= 0.6 is 39.1 Å². The smallest absolute Gasteiger partial charge is 0.277 e. The minimum Gasteiger partial charge on any atom is -0.319 e. The molecule has 1 N–H and O–H groups in total. The fourth-order valence-corrected chi connectivity index (χ4v) is 2.44. The van der Waals surface area contributed by atoms with Crippen molar-refractivity contribution in [3.63, 3.8) is 0 Å². The monoisotopic (exact) mass is 361 g/mol. The number of nitrogens with zero attached hydrogens (tertiary/aromatic N) is 2. The molecule has 0 saturated heterocycles. The van der Waals surface area contributed by atoms with Crippen LogP contribution in [0.5, 0.6) is 0 Å². The molecule has 19 heavy (non-hydrogen) atoms. The topological polar surface area (TPSA) is 46.9 Å². The van der Waals surface area contributed by atoms with Gasteiger partial charge in [-0.05, 0) is 25.1 Å². The Kier molecular flexibility index (Phi) is 4.50. The first-order valence-electron chi connectivity index (χ1n) is 5.50. The summed E-state index contributed by atoms with van der Waals surface area (Å²) in [6.45, 7) is 2.56. The fraction of sp³-hybridized carbons (Fsp3) is 0.167. The number of benzene rings is 1. The van der Waals surface area contributed by atoms with Crippen LogP contribution in [0.2, 0.25) is 10.0 Å². The van der Waals surface area contributed by atoms with E-state index < -0.39 is 0 Å². The number of hydrogen-bond acceptors (Lipinski definition) is 2.